The summed E-state index contributed by atoms with van der Waals surface area (Å²) in [7, 11) is 0. The molecule has 0 unspecified atom stereocenters. The first-order chi connectivity index (χ1) is 8.81. The van der Waals surface area contributed by atoms with Crippen molar-refractivity contribution in [3.05, 3.63) is 18.0 Å². The van der Waals surface area contributed by atoms with Crippen LogP contribution in [0.1, 0.15) is 31.4 Å². The summed E-state index contributed by atoms with van der Waals surface area (Å²) < 4.78 is 0. The normalized spacial score (nSPS) is 21.3. The molecule has 1 saturated carbocycles. The molecule has 3 rings (SSSR count). The fourth-order valence-electron chi connectivity index (χ4n) is 2.53. The first-order valence-electron chi connectivity index (χ1n) is 7.09. The van der Waals surface area contributed by atoms with E-state index in [9.17, 15) is 0 Å². The van der Waals surface area contributed by atoms with E-state index in [0.29, 0.717) is 6.04 Å². The summed E-state index contributed by atoms with van der Waals surface area (Å²) in [5, 5.41) is 3.70. The average Bonchev–Trinajstić information content (AvgIpc) is 3.21. The van der Waals surface area contributed by atoms with Gasteiger partial charge in [0.25, 0.3) is 0 Å². The predicted molar refractivity (Wildman–Crippen MR) is 72.7 cm³/mol. The lowest BCUT2D eigenvalue weighted by Crippen LogP contribution is -2.43. The molecule has 1 aromatic heterocycles. The molecule has 18 heavy (non-hydrogen) atoms. The molecule has 0 amide bonds. The molecule has 1 N–H and O–H groups in total. The minimum Gasteiger partial charge on any atom is -0.341 e. The zero-order valence-electron chi connectivity index (χ0n) is 11.1. The molecule has 0 bridgehead atoms. The van der Waals surface area contributed by atoms with Crippen LogP contribution in [0.2, 0.25) is 0 Å². The van der Waals surface area contributed by atoms with Crippen molar-refractivity contribution in [3.63, 3.8) is 0 Å². The largest absolute Gasteiger partial charge is 0.341 e. The second-order valence-corrected chi connectivity index (χ2v) is 5.61. The van der Waals surface area contributed by atoms with Crippen molar-refractivity contribution in [2.24, 2.45) is 5.92 Å². The van der Waals surface area contributed by atoms with Gasteiger partial charge in [-0.1, -0.05) is 0 Å². The van der Waals surface area contributed by atoms with E-state index in [0.717, 1.165) is 30.6 Å². The van der Waals surface area contributed by atoms with Crippen LogP contribution in [-0.4, -0.2) is 35.6 Å². The summed E-state index contributed by atoms with van der Waals surface area (Å²) in [6, 6.07) is 2.65. The van der Waals surface area contributed by atoms with Crippen molar-refractivity contribution in [2.45, 2.75) is 38.6 Å². The van der Waals surface area contributed by atoms with Crippen molar-refractivity contribution >= 4 is 5.95 Å². The van der Waals surface area contributed by atoms with Gasteiger partial charge < -0.3 is 10.2 Å². The first kappa shape index (κ1) is 11.9. The Morgan fingerprint density at radius 2 is 2.06 bits per heavy atom. The van der Waals surface area contributed by atoms with Gasteiger partial charge in [0.1, 0.15) is 0 Å². The van der Waals surface area contributed by atoms with E-state index in [2.05, 4.69) is 20.2 Å². The summed E-state index contributed by atoms with van der Waals surface area (Å²) in [4.78, 5) is 11.2. The van der Waals surface area contributed by atoms with Gasteiger partial charge in [-0.05, 0) is 51.1 Å². The van der Waals surface area contributed by atoms with Gasteiger partial charge >= 0.3 is 0 Å². The lowest BCUT2D eigenvalue weighted by atomic mass is 10.1. The second kappa shape index (κ2) is 5.22. The Morgan fingerprint density at radius 3 is 2.72 bits per heavy atom. The van der Waals surface area contributed by atoms with Crippen molar-refractivity contribution in [2.75, 3.05) is 24.5 Å². The van der Waals surface area contributed by atoms with Crippen LogP contribution in [0.5, 0.6) is 0 Å². The highest BCUT2D eigenvalue weighted by Crippen LogP contribution is 2.28. The molecule has 1 aliphatic carbocycles. The standard InChI is InChI=1S/C14H22N4/c1-11-4-7-15-14(17-11)18-8-5-13(6-9-18)16-10-12-2-3-12/h4,7,12-13,16H,2-3,5-6,8-10H2,1H3. The molecule has 0 radical (unpaired) electrons. The number of aryl methyl sites for hydroxylation is 1. The minimum atomic E-state index is 0.701. The Labute approximate surface area is 109 Å². The van der Waals surface area contributed by atoms with Gasteiger partial charge in [-0.3, -0.25) is 0 Å². The van der Waals surface area contributed by atoms with E-state index in [1.54, 1.807) is 0 Å². The molecule has 0 spiro atoms. The van der Waals surface area contributed by atoms with Gasteiger partial charge in [0.2, 0.25) is 5.95 Å². The Balaban J connectivity index is 1.49. The number of nitrogens with one attached hydrogen (secondary N) is 1. The lowest BCUT2D eigenvalue weighted by Gasteiger charge is -2.32. The van der Waals surface area contributed by atoms with Crippen LogP contribution >= 0.6 is 0 Å². The highest BCUT2D eigenvalue weighted by molar-refractivity contribution is 5.30. The van der Waals surface area contributed by atoms with Crippen LogP contribution in [0.4, 0.5) is 5.95 Å². The zero-order valence-corrected chi connectivity index (χ0v) is 11.1. The van der Waals surface area contributed by atoms with Crippen LogP contribution < -0.4 is 10.2 Å². The molecular weight excluding hydrogens is 224 g/mol. The van der Waals surface area contributed by atoms with Crippen LogP contribution in [0.15, 0.2) is 12.3 Å². The number of rotatable bonds is 4. The molecule has 2 heterocycles. The third kappa shape index (κ3) is 2.99. The molecule has 1 aliphatic heterocycles. The van der Waals surface area contributed by atoms with Gasteiger partial charge in [-0.25, -0.2) is 9.97 Å². The molecule has 4 heteroatoms. The Kier molecular flexibility index (Phi) is 3.46. The van der Waals surface area contributed by atoms with Crippen molar-refractivity contribution in [1.82, 2.24) is 15.3 Å². The second-order valence-electron chi connectivity index (χ2n) is 5.61. The Hall–Kier alpha value is -1.16. The molecule has 1 aromatic rings. The van der Waals surface area contributed by atoms with Gasteiger partial charge in [-0.15, -0.1) is 0 Å². The smallest absolute Gasteiger partial charge is 0.225 e. The summed E-state index contributed by atoms with van der Waals surface area (Å²) in [6.07, 6.45) is 7.15. The summed E-state index contributed by atoms with van der Waals surface area (Å²) in [6.45, 7) is 5.40. The fourth-order valence-corrected chi connectivity index (χ4v) is 2.53. The van der Waals surface area contributed by atoms with Gasteiger partial charge in [0.05, 0.1) is 0 Å². The predicted octanol–water partition coefficient (Wildman–Crippen LogP) is 1.75. The van der Waals surface area contributed by atoms with E-state index >= 15 is 0 Å². The number of nitrogens with zero attached hydrogens (tertiary/aromatic N) is 3. The third-order valence-corrected chi connectivity index (χ3v) is 3.95. The van der Waals surface area contributed by atoms with Crippen LogP contribution in [-0.2, 0) is 0 Å². The van der Waals surface area contributed by atoms with Crippen molar-refractivity contribution in [3.8, 4) is 0 Å². The summed E-state index contributed by atoms with van der Waals surface area (Å²) >= 11 is 0. The van der Waals surface area contributed by atoms with Gasteiger partial charge in [-0.2, -0.15) is 0 Å². The quantitative estimate of drug-likeness (QED) is 0.879. The highest BCUT2D eigenvalue weighted by Gasteiger charge is 2.24. The Bertz CT molecular complexity index is 395. The topological polar surface area (TPSA) is 41.1 Å². The van der Waals surface area contributed by atoms with Gasteiger partial charge in [0, 0.05) is 31.0 Å². The summed E-state index contributed by atoms with van der Waals surface area (Å²) in [5.41, 5.74) is 1.05. The molecule has 1 saturated heterocycles. The van der Waals surface area contributed by atoms with Crippen LogP contribution in [0.3, 0.4) is 0 Å². The molecule has 0 atom stereocenters. The minimum absolute atomic E-state index is 0.701. The maximum atomic E-state index is 4.50. The molecular formula is C14H22N4. The molecule has 0 aromatic carbocycles. The molecule has 4 nitrogen and oxygen atoms in total. The summed E-state index contributed by atoms with van der Waals surface area (Å²) in [5.74, 6) is 1.87. The van der Waals surface area contributed by atoms with Crippen LogP contribution in [0.25, 0.3) is 0 Å². The first-order valence-corrected chi connectivity index (χ1v) is 7.09. The van der Waals surface area contributed by atoms with E-state index in [1.807, 2.05) is 19.2 Å². The number of hydrogen-bond donors (Lipinski definition) is 1. The Morgan fingerprint density at radius 1 is 1.28 bits per heavy atom. The fraction of sp³-hybridized carbons (Fsp3) is 0.714. The van der Waals surface area contributed by atoms with E-state index in [4.69, 9.17) is 0 Å². The molecule has 2 aliphatic rings. The monoisotopic (exact) mass is 246 g/mol. The molecule has 2 fully saturated rings. The number of hydrogen-bond acceptors (Lipinski definition) is 4. The average molecular weight is 246 g/mol. The van der Waals surface area contributed by atoms with Crippen molar-refractivity contribution < 1.29 is 0 Å². The maximum absolute atomic E-state index is 4.50. The maximum Gasteiger partial charge on any atom is 0.225 e. The number of aromatic nitrogens is 2. The molecule has 98 valence electrons. The van der Waals surface area contributed by atoms with Crippen LogP contribution in [0, 0.1) is 12.8 Å². The van der Waals surface area contributed by atoms with Gasteiger partial charge in [0.15, 0.2) is 0 Å². The zero-order chi connectivity index (χ0) is 12.4. The number of piperidine rings is 1. The third-order valence-electron chi connectivity index (χ3n) is 3.95. The van der Waals surface area contributed by atoms with E-state index in [-0.39, 0.29) is 0 Å². The van der Waals surface area contributed by atoms with Crippen molar-refractivity contribution in [1.29, 1.82) is 0 Å². The number of anilines is 1. The highest BCUT2D eigenvalue weighted by atomic mass is 15.3. The lowest BCUT2D eigenvalue weighted by molar-refractivity contribution is 0.406. The SMILES string of the molecule is Cc1ccnc(N2CCC(NCC3CC3)CC2)n1. The van der Waals surface area contributed by atoms with E-state index < -0.39 is 0 Å². The van der Waals surface area contributed by atoms with E-state index in [1.165, 1.54) is 32.2 Å².